The average molecular weight is 316 g/mol. The van der Waals surface area contributed by atoms with Crippen molar-refractivity contribution in [3.63, 3.8) is 0 Å². The Morgan fingerprint density at radius 2 is 2.08 bits per heavy atom. The van der Waals surface area contributed by atoms with Crippen LogP contribution in [0.2, 0.25) is 9.88 Å². The number of esters is 1. The Morgan fingerprint density at radius 3 is 2.42 bits per heavy atom. The zero-order chi connectivity index (χ0) is 9.72. The summed E-state index contributed by atoms with van der Waals surface area (Å²) in [6.45, 7) is 0.0955. The molecule has 0 saturated heterocycles. The van der Waals surface area contributed by atoms with Crippen molar-refractivity contribution in [2.24, 2.45) is 0 Å². The van der Waals surface area contributed by atoms with E-state index in [9.17, 15) is 9.90 Å². The van der Waals surface area contributed by atoms with Gasteiger partial charge in [-0.2, -0.15) is 0 Å². The second-order valence-corrected chi connectivity index (χ2v) is 12.1. The number of carbonyl (C=O) groups is 1. The van der Waals surface area contributed by atoms with Crippen LogP contribution in [0.15, 0.2) is 0 Å². The normalized spacial score (nSPS) is 12.8. The van der Waals surface area contributed by atoms with E-state index in [4.69, 9.17) is 4.74 Å². The molecule has 0 aliphatic rings. The zero-order valence-electron chi connectivity index (χ0n) is 7.02. The van der Waals surface area contributed by atoms with Gasteiger partial charge in [0.2, 0.25) is 0 Å². The third kappa shape index (κ3) is 5.55. The molecule has 0 spiro atoms. The van der Waals surface area contributed by atoms with Crippen LogP contribution in [0.25, 0.3) is 0 Å². The van der Waals surface area contributed by atoms with Gasteiger partial charge in [0, 0.05) is 0 Å². The first-order valence-corrected chi connectivity index (χ1v) is 11.8. The molecule has 0 saturated carbocycles. The summed E-state index contributed by atoms with van der Waals surface area (Å²) in [5.41, 5.74) is 0. The standard InChI is InChI=1S/C4H7O3S2.2CH3.Sn/c5-1-2-7-3(6)4(8)9;;;/h1,4-5,8-9H,2H2;2*1H3;/q;;;+1. The molecule has 1 unspecified atom stereocenters. The summed E-state index contributed by atoms with van der Waals surface area (Å²) in [5.74, 6) is -0.495. The van der Waals surface area contributed by atoms with Crippen molar-refractivity contribution in [3.8, 4) is 0 Å². The van der Waals surface area contributed by atoms with E-state index in [1.807, 2.05) is 9.88 Å². The van der Waals surface area contributed by atoms with Crippen LogP contribution < -0.4 is 0 Å². The predicted molar refractivity (Wildman–Crippen MR) is 56.2 cm³/mol. The second-order valence-electron chi connectivity index (χ2n) is 2.60. The van der Waals surface area contributed by atoms with Crippen molar-refractivity contribution in [1.29, 1.82) is 0 Å². The van der Waals surface area contributed by atoms with Gasteiger partial charge in [-0.05, 0) is 0 Å². The van der Waals surface area contributed by atoms with Crippen LogP contribution in [0.5, 0.6) is 0 Å². The van der Waals surface area contributed by atoms with Gasteiger partial charge in [0.05, 0.1) is 0 Å². The summed E-state index contributed by atoms with van der Waals surface area (Å²) in [6.07, 6.45) is 0. The van der Waals surface area contributed by atoms with Crippen LogP contribution in [0, 0.1) is 0 Å². The Balaban J connectivity index is 3.61. The summed E-state index contributed by atoms with van der Waals surface area (Å²) in [7, 11) is 0. The van der Waals surface area contributed by atoms with Crippen molar-refractivity contribution in [2.45, 2.75) is 18.6 Å². The fourth-order valence-electron chi connectivity index (χ4n) is 0.402. The minimum absolute atomic E-state index is 0.0955. The van der Waals surface area contributed by atoms with Gasteiger partial charge in [0.1, 0.15) is 0 Å². The first kappa shape index (κ1) is 12.9. The number of rotatable bonds is 4. The van der Waals surface area contributed by atoms with E-state index in [0.29, 0.717) is 0 Å². The summed E-state index contributed by atoms with van der Waals surface area (Å²) >= 11 is 5.91. The molecule has 1 N–H and O–H groups in total. The van der Waals surface area contributed by atoms with Crippen LogP contribution in [-0.2, 0) is 9.53 Å². The van der Waals surface area contributed by atoms with Crippen molar-refractivity contribution >= 4 is 51.0 Å². The van der Waals surface area contributed by atoms with Crippen molar-refractivity contribution in [2.75, 3.05) is 6.61 Å². The Hall–Kier alpha value is 0.929. The van der Waals surface area contributed by atoms with E-state index < -0.39 is 34.4 Å². The molecule has 3 nitrogen and oxygen atoms in total. The maximum absolute atomic E-state index is 10.8. The molecule has 0 aliphatic carbocycles. The minimum atomic E-state index is -1.63. The number of carbonyl (C=O) groups excluding carboxylic acids is 1. The van der Waals surface area contributed by atoms with Gasteiger partial charge in [-0.3, -0.25) is 0 Å². The van der Waals surface area contributed by atoms with E-state index in [-0.39, 0.29) is 6.61 Å². The number of ether oxygens (including phenoxy) is 1. The van der Waals surface area contributed by atoms with Gasteiger partial charge >= 0.3 is 90.8 Å². The molecule has 1 atom stereocenters. The number of aliphatic hydroxyl groups is 1. The fraction of sp³-hybridized carbons (Fsp3) is 0.833. The molecule has 0 aromatic carbocycles. The third-order valence-electron chi connectivity index (χ3n) is 1.26. The van der Waals surface area contributed by atoms with Gasteiger partial charge in [-0.1, -0.05) is 0 Å². The van der Waals surface area contributed by atoms with Crippen LogP contribution >= 0.6 is 25.3 Å². The Bertz CT molecular complexity index is 152. The van der Waals surface area contributed by atoms with Gasteiger partial charge < -0.3 is 0 Å². The molecular formula is C6H13O3S2Sn+. The average Bonchev–Trinajstić information content (AvgIpc) is 1.98. The summed E-state index contributed by atoms with van der Waals surface area (Å²) in [4.78, 5) is 14.9. The van der Waals surface area contributed by atoms with E-state index in [1.165, 1.54) is 0 Å². The molecule has 0 radical (unpaired) electrons. The quantitative estimate of drug-likeness (QED) is 0.304. The van der Waals surface area contributed by atoms with Crippen LogP contribution in [-0.4, -0.2) is 46.1 Å². The maximum atomic E-state index is 10.8. The van der Waals surface area contributed by atoms with E-state index in [1.54, 1.807) is 0 Å². The SMILES string of the molecule is [CH3][Sn+]([CH3])[CH](O)COC(=O)C(S)S. The van der Waals surface area contributed by atoms with Crippen LogP contribution in [0.4, 0.5) is 0 Å². The molecular weight excluding hydrogens is 303 g/mol. The molecule has 0 aromatic rings. The summed E-state index contributed by atoms with van der Waals surface area (Å²) in [5, 5.41) is 9.32. The van der Waals surface area contributed by atoms with Crippen molar-refractivity contribution in [3.05, 3.63) is 0 Å². The fourth-order valence-corrected chi connectivity index (χ4v) is 1.74. The predicted octanol–water partition coefficient (Wildman–Crippen LogP) is 0.370. The van der Waals surface area contributed by atoms with Crippen molar-refractivity contribution < 1.29 is 14.6 Å². The van der Waals surface area contributed by atoms with Gasteiger partial charge in [-0.15, -0.1) is 0 Å². The number of hydrogen-bond acceptors (Lipinski definition) is 5. The van der Waals surface area contributed by atoms with E-state index in [0.717, 1.165) is 0 Å². The Kier molecular flexibility index (Phi) is 6.89. The monoisotopic (exact) mass is 317 g/mol. The number of aliphatic hydroxyl groups excluding tert-OH is 1. The van der Waals surface area contributed by atoms with Crippen LogP contribution in [0.3, 0.4) is 0 Å². The molecule has 0 fully saturated rings. The van der Waals surface area contributed by atoms with Gasteiger partial charge in [0.15, 0.2) is 0 Å². The third-order valence-corrected chi connectivity index (χ3v) is 5.96. The molecule has 0 heterocycles. The molecule has 0 bridgehead atoms. The Morgan fingerprint density at radius 1 is 1.58 bits per heavy atom. The topological polar surface area (TPSA) is 46.5 Å². The number of hydrogen-bond donors (Lipinski definition) is 3. The Labute approximate surface area is 90.4 Å². The zero-order valence-corrected chi connectivity index (χ0v) is 11.7. The summed E-state index contributed by atoms with van der Waals surface area (Å²) in [6, 6.07) is 0. The molecule has 0 aromatic heterocycles. The molecule has 70 valence electrons. The van der Waals surface area contributed by atoms with Crippen molar-refractivity contribution in [1.82, 2.24) is 0 Å². The molecule has 0 rings (SSSR count). The summed E-state index contributed by atoms with van der Waals surface area (Å²) < 4.78 is 3.60. The molecule has 0 aliphatic heterocycles. The molecule has 0 amide bonds. The van der Waals surface area contributed by atoms with Gasteiger partial charge in [-0.25, -0.2) is 0 Å². The van der Waals surface area contributed by atoms with E-state index in [2.05, 4.69) is 25.3 Å². The first-order chi connectivity index (χ1) is 5.45. The van der Waals surface area contributed by atoms with Gasteiger partial charge in [0.25, 0.3) is 0 Å². The first-order valence-electron chi connectivity index (χ1n) is 3.46. The van der Waals surface area contributed by atoms with E-state index >= 15 is 0 Å². The molecule has 12 heavy (non-hydrogen) atoms. The molecule has 6 heteroatoms. The number of thiol groups is 2. The second kappa shape index (κ2) is 6.39. The van der Waals surface area contributed by atoms with Crippen LogP contribution in [0.1, 0.15) is 0 Å².